The maximum atomic E-state index is 14.2. The SMILES string of the molecule is CNc1ccc(F)c(C2(C)N=C(N)C(F)CC2(F)F)c1. The summed E-state index contributed by atoms with van der Waals surface area (Å²) in [5, 5.41) is 2.73. The van der Waals surface area contributed by atoms with Crippen LogP contribution in [0, 0.1) is 5.82 Å². The van der Waals surface area contributed by atoms with Gasteiger partial charge in [-0.05, 0) is 25.1 Å². The summed E-state index contributed by atoms with van der Waals surface area (Å²) in [6.07, 6.45) is -3.13. The highest BCUT2D eigenvalue weighted by Crippen LogP contribution is 2.48. The number of hydrogen-bond donors (Lipinski definition) is 2. The monoisotopic (exact) mass is 289 g/mol. The molecule has 2 unspecified atom stereocenters. The number of alkyl halides is 3. The Kier molecular flexibility index (Phi) is 3.39. The van der Waals surface area contributed by atoms with Crippen LogP contribution in [-0.4, -0.2) is 25.0 Å². The zero-order chi connectivity index (χ0) is 15.1. The van der Waals surface area contributed by atoms with Gasteiger partial charge in [0.1, 0.15) is 11.7 Å². The van der Waals surface area contributed by atoms with Gasteiger partial charge in [-0.25, -0.2) is 17.6 Å². The molecule has 110 valence electrons. The highest BCUT2D eigenvalue weighted by Gasteiger charge is 2.57. The molecule has 0 amide bonds. The first-order valence-corrected chi connectivity index (χ1v) is 6.06. The van der Waals surface area contributed by atoms with Crippen molar-refractivity contribution in [3.63, 3.8) is 0 Å². The van der Waals surface area contributed by atoms with E-state index in [2.05, 4.69) is 10.3 Å². The lowest BCUT2D eigenvalue weighted by Crippen LogP contribution is -2.51. The third kappa shape index (κ3) is 2.10. The number of amidine groups is 1. The summed E-state index contributed by atoms with van der Waals surface area (Å²) in [6.45, 7) is 1.06. The molecule has 3 nitrogen and oxygen atoms in total. The van der Waals surface area contributed by atoms with E-state index in [0.29, 0.717) is 5.69 Å². The molecule has 0 aliphatic carbocycles. The Morgan fingerprint density at radius 2 is 2.05 bits per heavy atom. The van der Waals surface area contributed by atoms with Crippen LogP contribution in [0.25, 0.3) is 0 Å². The second-order valence-electron chi connectivity index (χ2n) is 4.93. The van der Waals surface area contributed by atoms with Gasteiger partial charge in [-0.2, -0.15) is 0 Å². The van der Waals surface area contributed by atoms with E-state index in [0.717, 1.165) is 13.0 Å². The van der Waals surface area contributed by atoms with Crippen molar-refractivity contribution in [1.82, 2.24) is 0 Å². The van der Waals surface area contributed by atoms with Gasteiger partial charge in [0, 0.05) is 18.3 Å². The van der Waals surface area contributed by atoms with Crippen LogP contribution in [0.15, 0.2) is 23.2 Å². The topological polar surface area (TPSA) is 50.4 Å². The van der Waals surface area contributed by atoms with Crippen molar-refractivity contribution in [2.24, 2.45) is 10.7 Å². The average Bonchev–Trinajstić information content (AvgIpc) is 2.36. The van der Waals surface area contributed by atoms with Crippen molar-refractivity contribution < 1.29 is 17.6 Å². The van der Waals surface area contributed by atoms with Crippen LogP contribution in [0.1, 0.15) is 18.9 Å². The second-order valence-corrected chi connectivity index (χ2v) is 4.93. The first kappa shape index (κ1) is 14.6. The van der Waals surface area contributed by atoms with Gasteiger partial charge in [0.2, 0.25) is 0 Å². The molecule has 0 bridgehead atoms. The molecule has 0 saturated carbocycles. The maximum absolute atomic E-state index is 14.2. The average molecular weight is 289 g/mol. The van der Waals surface area contributed by atoms with Crippen molar-refractivity contribution in [3.8, 4) is 0 Å². The number of nitrogens with zero attached hydrogens (tertiary/aromatic N) is 1. The van der Waals surface area contributed by atoms with Crippen LogP contribution >= 0.6 is 0 Å². The van der Waals surface area contributed by atoms with Crippen LogP contribution < -0.4 is 11.1 Å². The maximum Gasteiger partial charge on any atom is 0.279 e. The molecule has 1 aliphatic heterocycles. The summed E-state index contributed by atoms with van der Waals surface area (Å²) in [7, 11) is 1.58. The summed E-state index contributed by atoms with van der Waals surface area (Å²) in [4.78, 5) is 3.56. The first-order valence-electron chi connectivity index (χ1n) is 6.06. The van der Waals surface area contributed by atoms with Gasteiger partial charge in [0.05, 0.1) is 6.42 Å². The summed E-state index contributed by atoms with van der Waals surface area (Å²) in [5.41, 5.74) is 3.25. The number of benzene rings is 1. The lowest BCUT2D eigenvalue weighted by atomic mass is 9.80. The molecule has 1 aromatic rings. The summed E-state index contributed by atoms with van der Waals surface area (Å²) >= 11 is 0. The summed E-state index contributed by atoms with van der Waals surface area (Å²) < 4.78 is 55.7. The van der Waals surface area contributed by atoms with Gasteiger partial charge in [-0.3, -0.25) is 4.99 Å². The Labute approximate surface area is 113 Å². The minimum Gasteiger partial charge on any atom is -0.388 e. The third-order valence-corrected chi connectivity index (χ3v) is 3.60. The number of anilines is 1. The van der Waals surface area contributed by atoms with Crippen LogP contribution in [0.4, 0.5) is 23.2 Å². The highest BCUT2D eigenvalue weighted by atomic mass is 19.3. The molecular formula is C13H15F4N3. The molecule has 0 radical (unpaired) electrons. The molecular weight excluding hydrogens is 274 g/mol. The first-order chi connectivity index (χ1) is 9.21. The van der Waals surface area contributed by atoms with E-state index in [4.69, 9.17) is 5.73 Å². The molecule has 7 heteroatoms. The number of nitrogens with one attached hydrogen (secondary N) is 1. The molecule has 0 aromatic heterocycles. The van der Waals surface area contributed by atoms with Crippen LogP contribution in [0.2, 0.25) is 0 Å². The van der Waals surface area contributed by atoms with E-state index in [-0.39, 0.29) is 5.56 Å². The van der Waals surface area contributed by atoms with Gasteiger partial charge in [0.15, 0.2) is 11.7 Å². The van der Waals surface area contributed by atoms with Crippen molar-refractivity contribution >= 4 is 11.5 Å². The molecule has 0 fully saturated rings. The normalized spacial score (nSPS) is 28.9. The molecule has 0 saturated heterocycles. The van der Waals surface area contributed by atoms with E-state index < -0.39 is 35.7 Å². The Morgan fingerprint density at radius 3 is 2.65 bits per heavy atom. The predicted molar refractivity (Wildman–Crippen MR) is 69.4 cm³/mol. The predicted octanol–water partition coefficient (Wildman–Crippen LogP) is 2.82. The minimum absolute atomic E-state index is 0.316. The molecule has 1 aliphatic rings. The number of nitrogens with two attached hydrogens (primary N) is 1. The highest BCUT2D eigenvalue weighted by molar-refractivity contribution is 5.86. The largest absolute Gasteiger partial charge is 0.388 e. The zero-order valence-corrected chi connectivity index (χ0v) is 11.1. The molecule has 2 atom stereocenters. The standard InChI is InChI=1S/C13H15F4N3/c1-12(8-5-7(19-2)3-4-9(8)14)13(16,17)6-10(15)11(18)20-12/h3-5,10,19H,6H2,1-2H3,(H2,18,20). The van der Waals surface area contributed by atoms with Crippen molar-refractivity contribution in [2.75, 3.05) is 12.4 Å². The lowest BCUT2D eigenvalue weighted by Gasteiger charge is -2.39. The Morgan fingerprint density at radius 1 is 1.40 bits per heavy atom. The fourth-order valence-corrected chi connectivity index (χ4v) is 2.25. The Balaban J connectivity index is 2.64. The fourth-order valence-electron chi connectivity index (χ4n) is 2.25. The molecule has 0 spiro atoms. The van der Waals surface area contributed by atoms with Gasteiger partial charge >= 0.3 is 0 Å². The van der Waals surface area contributed by atoms with Crippen LogP contribution in [0.3, 0.4) is 0 Å². The molecule has 1 heterocycles. The molecule has 1 aromatic carbocycles. The second kappa shape index (κ2) is 4.64. The molecule has 2 rings (SSSR count). The van der Waals surface area contributed by atoms with Crippen LogP contribution in [-0.2, 0) is 5.54 Å². The van der Waals surface area contributed by atoms with E-state index in [9.17, 15) is 17.6 Å². The third-order valence-electron chi connectivity index (χ3n) is 3.60. The number of aliphatic imine (C=N–C) groups is 1. The van der Waals surface area contributed by atoms with Gasteiger partial charge in [-0.1, -0.05) is 0 Å². The van der Waals surface area contributed by atoms with Crippen LogP contribution in [0.5, 0.6) is 0 Å². The van der Waals surface area contributed by atoms with Crippen molar-refractivity contribution in [1.29, 1.82) is 0 Å². The van der Waals surface area contributed by atoms with Crippen molar-refractivity contribution in [2.45, 2.75) is 31.0 Å². The van der Waals surface area contributed by atoms with Gasteiger partial charge < -0.3 is 11.1 Å². The quantitative estimate of drug-likeness (QED) is 0.823. The fraction of sp³-hybridized carbons (Fsp3) is 0.462. The summed E-state index contributed by atoms with van der Waals surface area (Å²) in [6, 6.07) is 3.71. The number of hydrogen-bond acceptors (Lipinski definition) is 3. The molecule has 3 N–H and O–H groups in total. The smallest absolute Gasteiger partial charge is 0.279 e. The van der Waals surface area contributed by atoms with Gasteiger partial charge in [0.25, 0.3) is 5.92 Å². The number of rotatable bonds is 2. The summed E-state index contributed by atoms with van der Waals surface area (Å²) in [5.74, 6) is -4.91. The Hall–Kier alpha value is -1.79. The van der Waals surface area contributed by atoms with E-state index in [1.54, 1.807) is 7.05 Å². The van der Waals surface area contributed by atoms with Gasteiger partial charge in [-0.15, -0.1) is 0 Å². The van der Waals surface area contributed by atoms with Crippen molar-refractivity contribution in [3.05, 3.63) is 29.6 Å². The number of halogens is 4. The molecule has 20 heavy (non-hydrogen) atoms. The lowest BCUT2D eigenvalue weighted by molar-refractivity contribution is -0.0926. The van der Waals surface area contributed by atoms with E-state index in [1.807, 2.05) is 0 Å². The Bertz CT molecular complexity index is 559. The van der Waals surface area contributed by atoms with E-state index >= 15 is 0 Å². The zero-order valence-electron chi connectivity index (χ0n) is 11.1. The van der Waals surface area contributed by atoms with E-state index in [1.165, 1.54) is 12.1 Å². The minimum atomic E-state index is -3.54.